The standard InChI is InChI=1S/C10H18N2O2/c1-3-13-10(14-4-2)6-5-8-12(10)9-7-11/h3-6,8-9H2,1-2H3. The fourth-order valence-corrected chi connectivity index (χ4v) is 1.93. The van der Waals surface area contributed by atoms with Crippen molar-refractivity contribution in [3.05, 3.63) is 0 Å². The maximum Gasteiger partial charge on any atom is 0.230 e. The van der Waals surface area contributed by atoms with Gasteiger partial charge in [0.15, 0.2) is 0 Å². The molecular weight excluding hydrogens is 180 g/mol. The number of hydrogen-bond donors (Lipinski definition) is 0. The van der Waals surface area contributed by atoms with Crippen LogP contribution in [0.15, 0.2) is 0 Å². The van der Waals surface area contributed by atoms with Crippen molar-refractivity contribution >= 4 is 0 Å². The zero-order valence-electron chi connectivity index (χ0n) is 8.95. The van der Waals surface area contributed by atoms with E-state index in [1.165, 1.54) is 0 Å². The largest absolute Gasteiger partial charge is 0.337 e. The minimum atomic E-state index is -0.626. The van der Waals surface area contributed by atoms with Crippen molar-refractivity contribution in [1.29, 1.82) is 5.26 Å². The Kier molecular flexibility index (Phi) is 4.33. The highest BCUT2D eigenvalue weighted by Crippen LogP contribution is 2.31. The molecule has 1 heterocycles. The van der Waals surface area contributed by atoms with E-state index in [-0.39, 0.29) is 0 Å². The number of rotatable bonds is 5. The van der Waals surface area contributed by atoms with Crippen molar-refractivity contribution in [2.24, 2.45) is 0 Å². The summed E-state index contributed by atoms with van der Waals surface area (Å²) < 4.78 is 11.3. The first-order valence-electron chi connectivity index (χ1n) is 5.19. The van der Waals surface area contributed by atoms with E-state index in [0.717, 1.165) is 19.4 Å². The molecule has 0 saturated carbocycles. The lowest BCUT2D eigenvalue weighted by Gasteiger charge is -2.35. The summed E-state index contributed by atoms with van der Waals surface area (Å²) in [6.45, 7) is 6.38. The zero-order chi connectivity index (χ0) is 10.4. The summed E-state index contributed by atoms with van der Waals surface area (Å²) in [5, 5.41) is 8.69. The third-order valence-corrected chi connectivity index (χ3v) is 2.40. The van der Waals surface area contributed by atoms with Gasteiger partial charge in [0.2, 0.25) is 5.91 Å². The summed E-state index contributed by atoms with van der Waals surface area (Å²) in [7, 11) is 0. The molecule has 0 unspecified atom stereocenters. The number of hydrogen-bond acceptors (Lipinski definition) is 4. The van der Waals surface area contributed by atoms with E-state index in [4.69, 9.17) is 14.7 Å². The summed E-state index contributed by atoms with van der Waals surface area (Å²) in [5.74, 6) is -0.626. The fraction of sp³-hybridized carbons (Fsp3) is 0.900. The lowest BCUT2D eigenvalue weighted by Crippen LogP contribution is -2.48. The van der Waals surface area contributed by atoms with E-state index in [0.29, 0.717) is 19.8 Å². The van der Waals surface area contributed by atoms with Crippen LogP contribution in [0.2, 0.25) is 0 Å². The molecule has 14 heavy (non-hydrogen) atoms. The first-order valence-corrected chi connectivity index (χ1v) is 5.19. The van der Waals surface area contributed by atoms with Crippen LogP contribution in [0.4, 0.5) is 0 Å². The average Bonchev–Trinajstić information content (AvgIpc) is 2.51. The Labute approximate surface area is 85.4 Å². The molecule has 0 atom stereocenters. The van der Waals surface area contributed by atoms with E-state index in [2.05, 4.69) is 6.07 Å². The third kappa shape index (κ3) is 2.24. The topological polar surface area (TPSA) is 45.5 Å². The van der Waals surface area contributed by atoms with Crippen molar-refractivity contribution in [1.82, 2.24) is 4.90 Å². The molecule has 1 aliphatic rings. The second-order valence-electron chi connectivity index (χ2n) is 3.26. The van der Waals surface area contributed by atoms with Crippen molar-refractivity contribution < 1.29 is 9.47 Å². The number of nitrogens with zero attached hydrogens (tertiary/aromatic N) is 2. The molecule has 0 aromatic rings. The van der Waals surface area contributed by atoms with Crippen molar-refractivity contribution in [3.63, 3.8) is 0 Å². The molecular formula is C10H18N2O2. The van der Waals surface area contributed by atoms with Crippen LogP contribution in [-0.4, -0.2) is 37.1 Å². The van der Waals surface area contributed by atoms with Crippen LogP contribution < -0.4 is 0 Å². The Morgan fingerprint density at radius 2 is 2.00 bits per heavy atom. The zero-order valence-corrected chi connectivity index (χ0v) is 8.95. The van der Waals surface area contributed by atoms with Gasteiger partial charge < -0.3 is 9.47 Å². The van der Waals surface area contributed by atoms with Crippen LogP contribution in [0.3, 0.4) is 0 Å². The normalized spacial score (nSPS) is 20.9. The lowest BCUT2D eigenvalue weighted by molar-refractivity contribution is -0.297. The number of ether oxygens (including phenoxy) is 2. The minimum Gasteiger partial charge on any atom is -0.337 e. The van der Waals surface area contributed by atoms with Crippen LogP contribution in [0.25, 0.3) is 0 Å². The Bertz CT molecular complexity index is 207. The van der Waals surface area contributed by atoms with E-state index in [9.17, 15) is 0 Å². The van der Waals surface area contributed by atoms with Crippen LogP contribution >= 0.6 is 0 Å². The quantitative estimate of drug-likeness (QED) is 0.494. The van der Waals surface area contributed by atoms with Crippen molar-refractivity contribution in [3.8, 4) is 6.07 Å². The molecule has 1 rings (SSSR count). The molecule has 0 aromatic carbocycles. The molecule has 0 bridgehead atoms. The van der Waals surface area contributed by atoms with Crippen LogP contribution in [-0.2, 0) is 9.47 Å². The smallest absolute Gasteiger partial charge is 0.230 e. The van der Waals surface area contributed by atoms with Crippen LogP contribution in [0.1, 0.15) is 26.7 Å². The summed E-state index contributed by atoms with van der Waals surface area (Å²) in [5.41, 5.74) is 0. The Morgan fingerprint density at radius 3 is 2.50 bits per heavy atom. The molecule has 1 fully saturated rings. The fourth-order valence-electron chi connectivity index (χ4n) is 1.93. The predicted octanol–water partition coefficient (Wildman–Crippen LogP) is 1.33. The van der Waals surface area contributed by atoms with Crippen molar-refractivity contribution in [2.75, 3.05) is 26.3 Å². The lowest BCUT2D eigenvalue weighted by atomic mass is 10.3. The monoisotopic (exact) mass is 198 g/mol. The van der Waals surface area contributed by atoms with E-state index in [1.807, 2.05) is 18.7 Å². The highest BCUT2D eigenvalue weighted by molar-refractivity contribution is 4.87. The maximum atomic E-state index is 8.69. The second kappa shape index (κ2) is 5.30. The van der Waals surface area contributed by atoms with Gasteiger partial charge in [-0.25, -0.2) is 4.90 Å². The van der Waals surface area contributed by atoms with Gasteiger partial charge in [-0.15, -0.1) is 0 Å². The molecule has 0 aromatic heterocycles. The average molecular weight is 198 g/mol. The highest BCUT2D eigenvalue weighted by atomic mass is 16.7. The Morgan fingerprint density at radius 1 is 1.36 bits per heavy atom. The maximum absolute atomic E-state index is 8.69. The minimum absolute atomic E-state index is 0.375. The Hall–Kier alpha value is -0.630. The van der Waals surface area contributed by atoms with Gasteiger partial charge in [0.05, 0.1) is 12.6 Å². The van der Waals surface area contributed by atoms with Gasteiger partial charge in [-0.05, 0) is 20.3 Å². The number of nitriles is 1. The van der Waals surface area contributed by atoms with Crippen LogP contribution in [0, 0.1) is 11.3 Å². The summed E-state index contributed by atoms with van der Waals surface area (Å²) >= 11 is 0. The molecule has 0 aliphatic carbocycles. The molecule has 1 aliphatic heterocycles. The van der Waals surface area contributed by atoms with E-state index >= 15 is 0 Å². The van der Waals surface area contributed by atoms with Crippen LogP contribution in [0.5, 0.6) is 0 Å². The molecule has 1 saturated heterocycles. The SMILES string of the molecule is CCOC1(OCC)CCCN1CC#N. The predicted molar refractivity (Wildman–Crippen MR) is 52.4 cm³/mol. The molecule has 4 heteroatoms. The van der Waals surface area contributed by atoms with Gasteiger partial charge in [-0.1, -0.05) is 0 Å². The van der Waals surface area contributed by atoms with Gasteiger partial charge >= 0.3 is 0 Å². The van der Waals surface area contributed by atoms with Crippen molar-refractivity contribution in [2.45, 2.75) is 32.6 Å². The van der Waals surface area contributed by atoms with Gasteiger partial charge in [-0.2, -0.15) is 5.26 Å². The molecule has 0 spiro atoms. The third-order valence-electron chi connectivity index (χ3n) is 2.40. The summed E-state index contributed by atoms with van der Waals surface area (Å²) in [6, 6.07) is 2.15. The molecule has 0 amide bonds. The molecule has 0 radical (unpaired) electrons. The Balaban J connectivity index is 2.67. The van der Waals surface area contributed by atoms with Gasteiger partial charge in [0.1, 0.15) is 0 Å². The summed E-state index contributed by atoms with van der Waals surface area (Å²) in [6.07, 6.45) is 1.89. The molecule has 0 N–H and O–H groups in total. The van der Waals surface area contributed by atoms with Gasteiger partial charge in [-0.3, -0.25) is 0 Å². The van der Waals surface area contributed by atoms with Gasteiger partial charge in [0, 0.05) is 26.2 Å². The molecule has 80 valence electrons. The highest BCUT2D eigenvalue weighted by Gasteiger charge is 2.42. The second-order valence-corrected chi connectivity index (χ2v) is 3.26. The first kappa shape index (κ1) is 11.4. The number of likely N-dealkylation sites (tertiary alicyclic amines) is 1. The van der Waals surface area contributed by atoms with Gasteiger partial charge in [0.25, 0.3) is 0 Å². The molecule has 4 nitrogen and oxygen atoms in total. The van der Waals surface area contributed by atoms with E-state index in [1.54, 1.807) is 0 Å². The summed E-state index contributed by atoms with van der Waals surface area (Å²) in [4.78, 5) is 1.97. The van der Waals surface area contributed by atoms with E-state index < -0.39 is 5.91 Å². The first-order chi connectivity index (χ1) is 6.79.